The minimum atomic E-state index is -1.30. The van der Waals surface area contributed by atoms with E-state index in [4.69, 9.17) is 18.9 Å². The van der Waals surface area contributed by atoms with E-state index in [-0.39, 0.29) is 53.9 Å². The third-order valence-electron chi connectivity index (χ3n) is 12.1. The van der Waals surface area contributed by atoms with Crippen LogP contribution in [0.15, 0.2) is 11.6 Å². The number of ether oxygens (including phenoxy) is 4. The zero-order chi connectivity index (χ0) is 27.9. The van der Waals surface area contributed by atoms with Gasteiger partial charge in [0.25, 0.3) is 0 Å². The van der Waals surface area contributed by atoms with Gasteiger partial charge in [0.2, 0.25) is 0 Å². The first kappa shape index (κ1) is 27.8. The van der Waals surface area contributed by atoms with Crippen molar-refractivity contribution in [3.63, 3.8) is 0 Å². The highest BCUT2D eigenvalue weighted by molar-refractivity contribution is 5.90. The fourth-order valence-corrected chi connectivity index (χ4v) is 9.82. The summed E-state index contributed by atoms with van der Waals surface area (Å²) in [6.07, 6.45) is 3.83. The van der Waals surface area contributed by atoms with E-state index in [2.05, 4.69) is 6.92 Å². The van der Waals surface area contributed by atoms with E-state index >= 15 is 0 Å². The van der Waals surface area contributed by atoms with Crippen LogP contribution < -0.4 is 0 Å². The lowest BCUT2D eigenvalue weighted by Crippen LogP contribution is -2.70. The summed E-state index contributed by atoms with van der Waals surface area (Å²) in [5, 5.41) is 34.3. The SMILES string of the molecule is CO[C@H]1C[C@H](O[C@H]2CC[C@@]3(C)[C@H](CC[C@@H]4[C@@H]3C(=O)[C@@H](O)[C@]3(C)[C@@H](C5=CC(=O)OC5)CC[C@]43O)C2)O[C@H](C)[C@@H]1O. The number of fused-ring (bicyclic) bond motifs is 5. The van der Waals surface area contributed by atoms with Gasteiger partial charge < -0.3 is 34.3 Å². The summed E-state index contributed by atoms with van der Waals surface area (Å²) < 4.78 is 22.9. The van der Waals surface area contributed by atoms with Crippen LogP contribution in [0.5, 0.6) is 0 Å². The molecule has 13 atom stereocenters. The number of esters is 1. The lowest BCUT2D eigenvalue weighted by atomic mass is 9.42. The number of aliphatic hydroxyl groups is 3. The smallest absolute Gasteiger partial charge is 0.331 e. The molecule has 0 amide bonds. The number of aliphatic hydroxyl groups excluding tert-OH is 2. The lowest BCUT2D eigenvalue weighted by Gasteiger charge is -2.64. The number of rotatable bonds is 4. The van der Waals surface area contributed by atoms with Gasteiger partial charge in [0.1, 0.15) is 18.8 Å². The lowest BCUT2D eigenvalue weighted by molar-refractivity contribution is -0.274. The predicted molar refractivity (Wildman–Crippen MR) is 138 cm³/mol. The maximum absolute atomic E-state index is 14.1. The minimum absolute atomic E-state index is 0.0238. The van der Waals surface area contributed by atoms with Gasteiger partial charge in [0.15, 0.2) is 12.1 Å². The Bertz CT molecular complexity index is 1040. The van der Waals surface area contributed by atoms with Crippen LogP contribution in [0.1, 0.15) is 72.1 Å². The summed E-state index contributed by atoms with van der Waals surface area (Å²) in [7, 11) is 1.59. The quantitative estimate of drug-likeness (QED) is 0.358. The monoisotopic (exact) mass is 548 g/mol. The molecule has 5 fully saturated rings. The van der Waals surface area contributed by atoms with Crippen LogP contribution >= 0.6 is 0 Å². The van der Waals surface area contributed by atoms with E-state index in [1.54, 1.807) is 7.11 Å². The van der Waals surface area contributed by atoms with Gasteiger partial charge >= 0.3 is 5.97 Å². The summed E-state index contributed by atoms with van der Waals surface area (Å²) in [4.78, 5) is 25.9. The molecule has 0 aromatic rings. The van der Waals surface area contributed by atoms with Crippen molar-refractivity contribution in [3.05, 3.63) is 11.6 Å². The number of hydrogen-bond donors (Lipinski definition) is 3. The van der Waals surface area contributed by atoms with Gasteiger partial charge in [-0.25, -0.2) is 4.79 Å². The molecule has 4 aliphatic carbocycles. The number of methoxy groups -OCH3 is 1. The van der Waals surface area contributed by atoms with Gasteiger partial charge in [-0.05, 0) is 80.6 Å². The molecule has 218 valence electrons. The molecule has 0 aromatic heterocycles. The standard InChI is InChI=1S/C30H44O9/c1-15-25(32)21(36-4)13-23(38-15)39-18-7-9-28(2)17(12-18)5-6-20-24(28)26(33)27(34)29(3)19(8-10-30(20,29)35)16-11-22(31)37-14-16/h11,15,17-21,23-25,27,32,34-35H,5-10,12-14H2,1-4H3/t15-,17-,18+,19-,20-,21+,23+,24-,25+,27-,28+,29+,30+/m1/s1. The topological polar surface area (TPSA) is 132 Å². The van der Waals surface area contributed by atoms with Gasteiger partial charge in [-0.1, -0.05) is 13.8 Å². The molecule has 0 aromatic carbocycles. The molecule has 3 N–H and O–H groups in total. The van der Waals surface area contributed by atoms with E-state index in [0.717, 1.165) is 37.7 Å². The van der Waals surface area contributed by atoms with E-state index in [0.29, 0.717) is 19.3 Å². The summed E-state index contributed by atoms with van der Waals surface area (Å²) in [6, 6.07) is 0. The Morgan fingerprint density at radius 3 is 2.51 bits per heavy atom. The molecule has 9 nitrogen and oxygen atoms in total. The normalized spacial score (nSPS) is 53.5. The highest BCUT2D eigenvalue weighted by Crippen LogP contribution is 2.69. The number of Topliss-reactive ketones (excluding diaryl/α,β-unsaturated/α-hetero) is 1. The number of carbonyl (C=O) groups excluding carboxylic acids is 2. The van der Waals surface area contributed by atoms with Crippen LogP contribution in [-0.4, -0.2) is 83.2 Å². The van der Waals surface area contributed by atoms with Crippen molar-refractivity contribution < 1.29 is 43.9 Å². The summed E-state index contributed by atoms with van der Waals surface area (Å²) in [5.41, 5.74) is -1.80. The first-order chi connectivity index (χ1) is 18.4. The molecule has 2 heterocycles. The molecule has 6 rings (SSSR count). The zero-order valence-corrected chi connectivity index (χ0v) is 23.5. The minimum Gasteiger partial charge on any atom is -0.458 e. The van der Waals surface area contributed by atoms with Crippen molar-refractivity contribution in [2.24, 2.45) is 34.5 Å². The molecule has 2 aliphatic heterocycles. The van der Waals surface area contributed by atoms with Crippen LogP contribution in [0.4, 0.5) is 0 Å². The van der Waals surface area contributed by atoms with Crippen molar-refractivity contribution in [2.75, 3.05) is 13.7 Å². The van der Waals surface area contributed by atoms with Crippen LogP contribution in [0.2, 0.25) is 0 Å². The largest absolute Gasteiger partial charge is 0.458 e. The second-order valence-corrected chi connectivity index (χ2v) is 13.6. The Balaban J connectivity index is 1.21. The molecular formula is C30H44O9. The Labute approximate surface area is 230 Å². The van der Waals surface area contributed by atoms with Crippen molar-refractivity contribution in [2.45, 2.75) is 115 Å². The van der Waals surface area contributed by atoms with E-state index < -0.39 is 41.4 Å². The van der Waals surface area contributed by atoms with Gasteiger partial charge in [-0.15, -0.1) is 0 Å². The van der Waals surface area contributed by atoms with Crippen LogP contribution in [0.3, 0.4) is 0 Å². The average molecular weight is 549 g/mol. The Kier molecular flexibility index (Phi) is 6.84. The predicted octanol–water partition coefficient (Wildman–Crippen LogP) is 2.29. The van der Waals surface area contributed by atoms with Crippen LogP contribution in [-0.2, 0) is 28.5 Å². The number of ketones is 1. The number of cyclic esters (lactones) is 1. The third kappa shape index (κ3) is 3.94. The summed E-state index contributed by atoms with van der Waals surface area (Å²) in [5.74, 6) is -1.24. The van der Waals surface area contributed by atoms with Gasteiger partial charge in [0, 0.05) is 30.9 Å². The number of carbonyl (C=O) groups is 2. The van der Waals surface area contributed by atoms with Gasteiger partial charge in [-0.3, -0.25) is 4.79 Å². The summed E-state index contributed by atoms with van der Waals surface area (Å²) in [6.45, 7) is 6.02. The fourth-order valence-electron chi connectivity index (χ4n) is 9.82. The van der Waals surface area contributed by atoms with Crippen molar-refractivity contribution in [3.8, 4) is 0 Å². The van der Waals surface area contributed by atoms with E-state index in [1.165, 1.54) is 6.08 Å². The molecule has 1 saturated heterocycles. The molecule has 0 radical (unpaired) electrons. The third-order valence-corrected chi connectivity index (χ3v) is 12.1. The second kappa shape index (κ2) is 9.60. The highest BCUT2D eigenvalue weighted by Gasteiger charge is 2.73. The maximum atomic E-state index is 14.1. The zero-order valence-electron chi connectivity index (χ0n) is 23.5. The fraction of sp³-hybridized carbons (Fsp3) is 0.867. The van der Waals surface area contributed by atoms with Crippen LogP contribution in [0, 0.1) is 34.5 Å². The molecule has 0 bridgehead atoms. The Hall–Kier alpha value is -1.36. The van der Waals surface area contributed by atoms with E-state index in [1.807, 2.05) is 13.8 Å². The second-order valence-electron chi connectivity index (χ2n) is 13.6. The molecule has 9 heteroatoms. The van der Waals surface area contributed by atoms with Crippen molar-refractivity contribution in [1.82, 2.24) is 0 Å². The van der Waals surface area contributed by atoms with Gasteiger partial charge in [0.05, 0.1) is 23.9 Å². The molecule has 0 spiro atoms. The van der Waals surface area contributed by atoms with Crippen molar-refractivity contribution >= 4 is 11.8 Å². The molecule has 0 unspecified atom stereocenters. The number of hydrogen-bond acceptors (Lipinski definition) is 9. The molecule has 4 saturated carbocycles. The maximum Gasteiger partial charge on any atom is 0.331 e. The van der Waals surface area contributed by atoms with Crippen LogP contribution in [0.25, 0.3) is 0 Å². The Morgan fingerprint density at radius 1 is 1.05 bits per heavy atom. The van der Waals surface area contributed by atoms with E-state index in [9.17, 15) is 24.9 Å². The average Bonchev–Trinajstić information content (AvgIpc) is 3.45. The molecule has 6 aliphatic rings. The van der Waals surface area contributed by atoms with Crippen molar-refractivity contribution in [1.29, 1.82) is 0 Å². The highest BCUT2D eigenvalue weighted by atomic mass is 16.7. The summed E-state index contributed by atoms with van der Waals surface area (Å²) >= 11 is 0. The molecular weight excluding hydrogens is 504 g/mol. The first-order valence-corrected chi connectivity index (χ1v) is 14.8. The Morgan fingerprint density at radius 2 is 1.82 bits per heavy atom. The van der Waals surface area contributed by atoms with Gasteiger partial charge in [-0.2, -0.15) is 0 Å². The first-order valence-electron chi connectivity index (χ1n) is 14.8. The molecule has 39 heavy (non-hydrogen) atoms.